The van der Waals surface area contributed by atoms with Gasteiger partial charge >= 0.3 is 0 Å². The van der Waals surface area contributed by atoms with Gasteiger partial charge in [-0.2, -0.15) is 5.10 Å². The third-order valence-corrected chi connectivity index (χ3v) is 6.00. The Morgan fingerprint density at radius 1 is 1.09 bits per heavy atom. The van der Waals surface area contributed by atoms with Gasteiger partial charge in [0.1, 0.15) is 0 Å². The molecule has 1 unspecified atom stereocenters. The number of para-hydroxylation sites is 1. The number of hydrogen-bond acceptors (Lipinski definition) is 4. The number of guanidine groups is 1. The quantitative estimate of drug-likeness (QED) is 0.299. The summed E-state index contributed by atoms with van der Waals surface area (Å²) in [6.45, 7) is 17.3. The van der Waals surface area contributed by atoms with Gasteiger partial charge in [0.05, 0.1) is 11.4 Å². The molecule has 2 heterocycles. The van der Waals surface area contributed by atoms with Crippen LogP contribution in [0.2, 0.25) is 0 Å². The van der Waals surface area contributed by atoms with Gasteiger partial charge in [0.2, 0.25) is 0 Å². The zero-order chi connectivity index (χ0) is 22.2. The summed E-state index contributed by atoms with van der Waals surface area (Å²) in [6.07, 6.45) is 0. The van der Waals surface area contributed by atoms with E-state index in [1.165, 1.54) is 31.7 Å². The highest BCUT2D eigenvalue weighted by Gasteiger charge is 2.17. The van der Waals surface area contributed by atoms with Gasteiger partial charge in [-0.1, -0.05) is 32.0 Å². The standard InChI is InChI=1S/C24H39N7.HI/c1-6-29-11-13-30(14-12-29)18-19(2)16-26-24(25-5)27-17-22-9-7-8-10-23(22)31-21(4)15-20(3)28-31;/h7-10,15,19H,6,11-14,16-18H2,1-5H3,(H2,25,26,27);1H. The molecule has 0 aliphatic carbocycles. The second kappa shape index (κ2) is 13.2. The Morgan fingerprint density at radius 2 is 1.78 bits per heavy atom. The van der Waals surface area contributed by atoms with Gasteiger partial charge in [-0.3, -0.25) is 4.99 Å². The molecule has 1 aliphatic heterocycles. The minimum Gasteiger partial charge on any atom is -0.356 e. The maximum Gasteiger partial charge on any atom is 0.191 e. The molecule has 1 aliphatic rings. The number of piperazine rings is 1. The van der Waals surface area contributed by atoms with E-state index in [-0.39, 0.29) is 24.0 Å². The highest BCUT2D eigenvalue weighted by atomic mass is 127. The lowest BCUT2D eigenvalue weighted by atomic mass is 10.1. The minimum absolute atomic E-state index is 0. The smallest absolute Gasteiger partial charge is 0.191 e. The number of rotatable bonds is 8. The first kappa shape index (κ1) is 26.6. The largest absolute Gasteiger partial charge is 0.356 e. The second-order valence-electron chi connectivity index (χ2n) is 8.61. The van der Waals surface area contributed by atoms with Crippen molar-refractivity contribution in [1.29, 1.82) is 0 Å². The highest BCUT2D eigenvalue weighted by Crippen LogP contribution is 2.17. The number of aromatic nitrogens is 2. The molecule has 0 saturated carbocycles. The molecule has 1 fully saturated rings. The average molecular weight is 554 g/mol. The number of nitrogens with one attached hydrogen (secondary N) is 2. The summed E-state index contributed by atoms with van der Waals surface area (Å²) < 4.78 is 2.02. The van der Waals surface area contributed by atoms with Crippen LogP contribution < -0.4 is 10.6 Å². The molecule has 2 aromatic rings. The first-order valence-corrected chi connectivity index (χ1v) is 11.5. The Hall–Kier alpha value is -1.65. The normalized spacial score (nSPS) is 16.5. The fourth-order valence-corrected chi connectivity index (χ4v) is 4.20. The monoisotopic (exact) mass is 553 g/mol. The molecule has 0 bridgehead atoms. The lowest BCUT2D eigenvalue weighted by Gasteiger charge is -2.35. The molecule has 1 aromatic heterocycles. The van der Waals surface area contributed by atoms with E-state index in [4.69, 9.17) is 0 Å². The van der Waals surface area contributed by atoms with Gasteiger partial charge in [0.15, 0.2) is 5.96 Å². The van der Waals surface area contributed by atoms with Crippen molar-refractivity contribution in [1.82, 2.24) is 30.2 Å². The van der Waals surface area contributed by atoms with Crippen molar-refractivity contribution in [3.8, 4) is 5.69 Å². The van der Waals surface area contributed by atoms with Gasteiger partial charge in [-0.05, 0) is 44.0 Å². The highest BCUT2D eigenvalue weighted by molar-refractivity contribution is 14.0. The van der Waals surface area contributed by atoms with Crippen molar-refractivity contribution in [2.24, 2.45) is 10.9 Å². The van der Waals surface area contributed by atoms with Crippen LogP contribution in [0.3, 0.4) is 0 Å². The maximum atomic E-state index is 4.65. The summed E-state index contributed by atoms with van der Waals surface area (Å²) in [6, 6.07) is 10.5. The van der Waals surface area contributed by atoms with Crippen molar-refractivity contribution in [2.45, 2.75) is 34.2 Å². The van der Waals surface area contributed by atoms with E-state index in [0.29, 0.717) is 12.5 Å². The molecule has 1 aromatic carbocycles. The van der Waals surface area contributed by atoms with Crippen LogP contribution in [0.5, 0.6) is 0 Å². The molecule has 178 valence electrons. The summed E-state index contributed by atoms with van der Waals surface area (Å²) in [5.41, 5.74) is 4.47. The lowest BCUT2D eigenvalue weighted by Crippen LogP contribution is -2.48. The SMILES string of the molecule is CCN1CCN(CC(C)CNC(=NC)NCc2ccccc2-n2nc(C)cc2C)CC1.I. The Kier molecular flexibility index (Phi) is 10.9. The molecule has 1 saturated heterocycles. The third kappa shape index (κ3) is 7.45. The first-order valence-electron chi connectivity index (χ1n) is 11.5. The van der Waals surface area contributed by atoms with Crippen LogP contribution in [0.1, 0.15) is 30.8 Å². The minimum atomic E-state index is 0. The molecule has 0 radical (unpaired) electrons. The van der Waals surface area contributed by atoms with E-state index in [9.17, 15) is 0 Å². The van der Waals surface area contributed by atoms with Gasteiger partial charge in [0.25, 0.3) is 0 Å². The molecular formula is C24H40IN7. The van der Waals surface area contributed by atoms with Crippen LogP contribution in [0.25, 0.3) is 5.69 Å². The average Bonchev–Trinajstić information content (AvgIpc) is 3.12. The van der Waals surface area contributed by atoms with Crippen molar-refractivity contribution < 1.29 is 0 Å². The number of halogens is 1. The van der Waals surface area contributed by atoms with Crippen LogP contribution in [0.15, 0.2) is 35.3 Å². The molecule has 7 nitrogen and oxygen atoms in total. The number of benzene rings is 1. The third-order valence-electron chi connectivity index (χ3n) is 6.00. The van der Waals surface area contributed by atoms with Crippen molar-refractivity contribution in [3.05, 3.63) is 47.3 Å². The predicted molar refractivity (Wildman–Crippen MR) is 144 cm³/mol. The first-order chi connectivity index (χ1) is 15.0. The summed E-state index contributed by atoms with van der Waals surface area (Å²) in [7, 11) is 1.83. The zero-order valence-electron chi connectivity index (χ0n) is 20.3. The van der Waals surface area contributed by atoms with E-state index in [1.54, 1.807) is 0 Å². The Labute approximate surface area is 210 Å². The van der Waals surface area contributed by atoms with Crippen LogP contribution in [-0.4, -0.2) is 78.4 Å². The van der Waals surface area contributed by atoms with Gasteiger partial charge in [0, 0.05) is 58.6 Å². The van der Waals surface area contributed by atoms with Gasteiger partial charge in [-0.15, -0.1) is 24.0 Å². The topological polar surface area (TPSA) is 60.7 Å². The van der Waals surface area contributed by atoms with Crippen LogP contribution in [0, 0.1) is 19.8 Å². The van der Waals surface area contributed by atoms with Crippen molar-refractivity contribution >= 4 is 29.9 Å². The zero-order valence-corrected chi connectivity index (χ0v) is 22.6. The fraction of sp³-hybridized carbons (Fsp3) is 0.583. The van der Waals surface area contributed by atoms with E-state index in [2.05, 4.69) is 81.6 Å². The Bertz CT molecular complexity index is 856. The van der Waals surface area contributed by atoms with E-state index < -0.39 is 0 Å². The molecule has 1 atom stereocenters. The van der Waals surface area contributed by atoms with Gasteiger partial charge in [-0.25, -0.2) is 4.68 Å². The van der Waals surface area contributed by atoms with Crippen molar-refractivity contribution in [2.75, 3.05) is 52.9 Å². The summed E-state index contributed by atoms with van der Waals surface area (Å²) >= 11 is 0. The predicted octanol–water partition coefficient (Wildman–Crippen LogP) is 3.05. The number of nitrogens with zero attached hydrogens (tertiary/aromatic N) is 5. The molecule has 2 N–H and O–H groups in total. The van der Waals surface area contributed by atoms with Crippen LogP contribution in [0.4, 0.5) is 0 Å². The number of aliphatic imine (C=N–C) groups is 1. The van der Waals surface area contributed by atoms with E-state index in [0.717, 1.165) is 42.7 Å². The number of hydrogen-bond donors (Lipinski definition) is 2. The van der Waals surface area contributed by atoms with E-state index in [1.807, 2.05) is 18.7 Å². The van der Waals surface area contributed by atoms with E-state index >= 15 is 0 Å². The Balaban J connectivity index is 0.00000363. The molecule has 0 spiro atoms. The summed E-state index contributed by atoms with van der Waals surface area (Å²) in [5.74, 6) is 1.40. The maximum absolute atomic E-state index is 4.65. The lowest BCUT2D eigenvalue weighted by molar-refractivity contribution is 0.124. The number of aryl methyl sites for hydroxylation is 2. The summed E-state index contributed by atoms with van der Waals surface area (Å²) in [4.78, 5) is 9.52. The van der Waals surface area contributed by atoms with Crippen molar-refractivity contribution in [3.63, 3.8) is 0 Å². The summed E-state index contributed by atoms with van der Waals surface area (Å²) in [5, 5.41) is 11.6. The molecule has 8 heteroatoms. The fourth-order valence-electron chi connectivity index (χ4n) is 4.20. The second-order valence-corrected chi connectivity index (χ2v) is 8.61. The molecule has 0 amide bonds. The van der Waals surface area contributed by atoms with Crippen LogP contribution in [-0.2, 0) is 6.54 Å². The van der Waals surface area contributed by atoms with Crippen LogP contribution >= 0.6 is 24.0 Å². The molecule has 3 rings (SSSR count). The Morgan fingerprint density at radius 3 is 2.41 bits per heavy atom. The molecular weight excluding hydrogens is 513 g/mol. The number of likely N-dealkylation sites (N-methyl/N-ethyl adjacent to an activating group) is 1. The van der Waals surface area contributed by atoms with Gasteiger partial charge < -0.3 is 20.4 Å². The molecule has 32 heavy (non-hydrogen) atoms.